The van der Waals surface area contributed by atoms with Gasteiger partial charge in [0.25, 0.3) is 0 Å². The second-order valence-electron chi connectivity index (χ2n) is 3.76. The van der Waals surface area contributed by atoms with Crippen molar-refractivity contribution in [2.75, 3.05) is 20.3 Å². The molecule has 0 aliphatic rings. The molecule has 0 heterocycles. The van der Waals surface area contributed by atoms with Crippen molar-refractivity contribution >= 4 is 15.9 Å². The van der Waals surface area contributed by atoms with Gasteiger partial charge in [-0.3, -0.25) is 0 Å². The molecule has 0 saturated heterocycles. The molecule has 1 unspecified atom stereocenters. The Bertz CT molecular complexity index is 320. The van der Waals surface area contributed by atoms with Crippen LogP contribution in [0, 0.1) is 0 Å². The van der Waals surface area contributed by atoms with E-state index in [0.717, 1.165) is 4.47 Å². The summed E-state index contributed by atoms with van der Waals surface area (Å²) < 4.78 is 5.95. The summed E-state index contributed by atoms with van der Waals surface area (Å²) in [5, 5.41) is 12.8. The fraction of sp³-hybridized carbons (Fsp3) is 0.500. The average molecular weight is 288 g/mol. The minimum absolute atomic E-state index is 0.196. The Kier molecular flexibility index (Phi) is 5.98. The summed E-state index contributed by atoms with van der Waals surface area (Å²) in [7, 11) is 1.58. The van der Waals surface area contributed by atoms with Crippen molar-refractivity contribution in [3.05, 3.63) is 34.3 Å². The minimum Gasteiger partial charge on any atom is -0.389 e. The molecule has 0 aromatic heterocycles. The van der Waals surface area contributed by atoms with Gasteiger partial charge in [0.1, 0.15) is 0 Å². The number of nitrogens with one attached hydrogen (secondary N) is 1. The summed E-state index contributed by atoms with van der Waals surface area (Å²) in [6.45, 7) is 2.95. The number of ether oxygens (including phenoxy) is 1. The van der Waals surface area contributed by atoms with Gasteiger partial charge >= 0.3 is 0 Å². The maximum absolute atomic E-state index is 9.52. The summed E-state index contributed by atoms with van der Waals surface area (Å²) in [5.41, 5.74) is 1.19. The second-order valence-corrected chi connectivity index (χ2v) is 4.61. The van der Waals surface area contributed by atoms with Gasteiger partial charge < -0.3 is 15.2 Å². The lowest BCUT2D eigenvalue weighted by Gasteiger charge is -2.18. The first kappa shape index (κ1) is 13.6. The van der Waals surface area contributed by atoms with Crippen molar-refractivity contribution in [2.24, 2.45) is 0 Å². The standard InChI is InChI=1S/C12H18BrNO2/c1-9(14-7-10(15)8-16-2)11-5-3-4-6-12(11)13/h3-6,9-10,14-15H,7-8H2,1-2H3/t9-,10?/m0/s1. The van der Waals surface area contributed by atoms with Gasteiger partial charge in [0, 0.05) is 24.2 Å². The van der Waals surface area contributed by atoms with Crippen molar-refractivity contribution in [2.45, 2.75) is 19.1 Å². The Morgan fingerprint density at radius 2 is 2.12 bits per heavy atom. The van der Waals surface area contributed by atoms with Crippen molar-refractivity contribution in [1.29, 1.82) is 0 Å². The molecule has 0 amide bonds. The van der Waals surface area contributed by atoms with Crippen LogP contribution in [0.3, 0.4) is 0 Å². The third-order valence-corrected chi connectivity index (χ3v) is 3.11. The number of hydrogen-bond acceptors (Lipinski definition) is 3. The van der Waals surface area contributed by atoms with Crippen LogP contribution in [0.1, 0.15) is 18.5 Å². The third kappa shape index (κ3) is 4.22. The molecule has 4 heteroatoms. The number of aliphatic hydroxyl groups excluding tert-OH is 1. The summed E-state index contributed by atoms with van der Waals surface area (Å²) in [4.78, 5) is 0. The number of rotatable bonds is 6. The van der Waals surface area contributed by atoms with Crippen LogP contribution in [0.4, 0.5) is 0 Å². The zero-order valence-corrected chi connectivity index (χ0v) is 11.2. The summed E-state index contributed by atoms with van der Waals surface area (Å²) in [6, 6.07) is 8.26. The first-order valence-corrected chi connectivity index (χ1v) is 6.09. The molecule has 0 aliphatic carbocycles. The van der Waals surface area contributed by atoms with E-state index < -0.39 is 6.10 Å². The molecule has 1 aromatic rings. The number of benzene rings is 1. The molecule has 90 valence electrons. The highest BCUT2D eigenvalue weighted by Crippen LogP contribution is 2.22. The van der Waals surface area contributed by atoms with Crippen LogP contribution < -0.4 is 5.32 Å². The van der Waals surface area contributed by atoms with E-state index in [1.54, 1.807) is 7.11 Å². The number of hydrogen-bond donors (Lipinski definition) is 2. The van der Waals surface area contributed by atoms with E-state index >= 15 is 0 Å². The molecule has 0 bridgehead atoms. The minimum atomic E-state index is -0.463. The quantitative estimate of drug-likeness (QED) is 0.842. The molecular weight excluding hydrogens is 270 g/mol. The predicted molar refractivity (Wildman–Crippen MR) is 68.4 cm³/mol. The number of methoxy groups -OCH3 is 1. The summed E-state index contributed by atoms with van der Waals surface area (Å²) in [5.74, 6) is 0. The van der Waals surface area contributed by atoms with E-state index in [0.29, 0.717) is 13.2 Å². The van der Waals surface area contributed by atoms with Crippen molar-refractivity contribution in [3.63, 3.8) is 0 Å². The Morgan fingerprint density at radius 1 is 1.44 bits per heavy atom. The van der Waals surface area contributed by atoms with E-state index in [-0.39, 0.29) is 6.04 Å². The molecule has 0 spiro atoms. The van der Waals surface area contributed by atoms with Gasteiger partial charge in [0.05, 0.1) is 12.7 Å². The van der Waals surface area contributed by atoms with Gasteiger partial charge in [-0.05, 0) is 18.6 Å². The predicted octanol–water partition coefficient (Wildman–Crippen LogP) is 2.11. The smallest absolute Gasteiger partial charge is 0.0897 e. The molecule has 16 heavy (non-hydrogen) atoms. The lowest BCUT2D eigenvalue weighted by Crippen LogP contribution is -2.31. The van der Waals surface area contributed by atoms with Crippen LogP contribution in [-0.4, -0.2) is 31.5 Å². The fourth-order valence-electron chi connectivity index (χ4n) is 1.50. The molecule has 1 aromatic carbocycles. The van der Waals surface area contributed by atoms with E-state index in [2.05, 4.69) is 34.2 Å². The van der Waals surface area contributed by atoms with Gasteiger partial charge in [0.2, 0.25) is 0 Å². The molecule has 0 aliphatic heterocycles. The van der Waals surface area contributed by atoms with Crippen LogP contribution in [0.2, 0.25) is 0 Å². The molecule has 2 N–H and O–H groups in total. The van der Waals surface area contributed by atoms with Crippen LogP contribution in [0.25, 0.3) is 0 Å². The van der Waals surface area contributed by atoms with Crippen LogP contribution in [0.15, 0.2) is 28.7 Å². The average Bonchev–Trinajstić information content (AvgIpc) is 2.27. The SMILES string of the molecule is COCC(O)CN[C@@H](C)c1ccccc1Br. The maximum Gasteiger partial charge on any atom is 0.0897 e. The largest absolute Gasteiger partial charge is 0.389 e. The van der Waals surface area contributed by atoms with Crippen molar-refractivity contribution in [3.8, 4) is 0 Å². The van der Waals surface area contributed by atoms with Crippen molar-refractivity contribution < 1.29 is 9.84 Å². The Balaban J connectivity index is 2.46. The molecule has 0 saturated carbocycles. The zero-order chi connectivity index (χ0) is 12.0. The lowest BCUT2D eigenvalue weighted by atomic mass is 10.1. The highest BCUT2D eigenvalue weighted by atomic mass is 79.9. The highest BCUT2D eigenvalue weighted by molar-refractivity contribution is 9.10. The van der Waals surface area contributed by atoms with E-state index in [1.165, 1.54) is 5.56 Å². The number of halogens is 1. The summed E-state index contributed by atoms with van der Waals surface area (Å²) in [6.07, 6.45) is -0.463. The molecule has 0 radical (unpaired) electrons. The lowest BCUT2D eigenvalue weighted by molar-refractivity contribution is 0.0630. The van der Waals surface area contributed by atoms with Gasteiger partial charge in [-0.2, -0.15) is 0 Å². The van der Waals surface area contributed by atoms with E-state index in [9.17, 15) is 5.11 Å². The first-order chi connectivity index (χ1) is 7.65. The molecule has 1 rings (SSSR count). The van der Waals surface area contributed by atoms with Gasteiger partial charge in [0.15, 0.2) is 0 Å². The summed E-state index contributed by atoms with van der Waals surface area (Å²) >= 11 is 3.51. The second kappa shape index (κ2) is 7.01. The molecule has 2 atom stereocenters. The van der Waals surface area contributed by atoms with Gasteiger partial charge in [-0.25, -0.2) is 0 Å². The topological polar surface area (TPSA) is 41.5 Å². The van der Waals surface area contributed by atoms with Gasteiger partial charge in [-0.15, -0.1) is 0 Å². The van der Waals surface area contributed by atoms with E-state index in [4.69, 9.17) is 4.74 Å². The van der Waals surface area contributed by atoms with Crippen LogP contribution in [-0.2, 0) is 4.74 Å². The van der Waals surface area contributed by atoms with Crippen LogP contribution in [0.5, 0.6) is 0 Å². The fourth-order valence-corrected chi connectivity index (χ4v) is 2.13. The highest BCUT2D eigenvalue weighted by Gasteiger charge is 2.10. The Labute approximate surface area is 105 Å². The monoisotopic (exact) mass is 287 g/mol. The first-order valence-electron chi connectivity index (χ1n) is 5.30. The molecule has 0 fully saturated rings. The Hall–Kier alpha value is -0.420. The zero-order valence-electron chi connectivity index (χ0n) is 9.61. The number of aliphatic hydroxyl groups is 1. The molecule has 3 nitrogen and oxygen atoms in total. The normalized spacial score (nSPS) is 14.8. The maximum atomic E-state index is 9.52. The van der Waals surface area contributed by atoms with Crippen LogP contribution >= 0.6 is 15.9 Å². The van der Waals surface area contributed by atoms with Gasteiger partial charge in [-0.1, -0.05) is 34.1 Å². The third-order valence-electron chi connectivity index (χ3n) is 2.39. The van der Waals surface area contributed by atoms with Crippen molar-refractivity contribution in [1.82, 2.24) is 5.32 Å². The molecular formula is C12H18BrNO2. The Morgan fingerprint density at radius 3 is 2.75 bits per heavy atom. The van der Waals surface area contributed by atoms with E-state index in [1.807, 2.05) is 18.2 Å².